The topological polar surface area (TPSA) is 62.6 Å². The number of fused-ring (bicyclic) bond motifs is 1. The third kappa shape index (κ3) is 3.60. The first-order valence-electron chi connectivity index (χ1n) is 8.19. The van der Waals surface area contributed by atoms with Gasteiger partial charge in [0.05, 0.1) is 19.2 Å². The number of ether oxygens (including phenoxy) is 2. The predicted molar refractivity (Wildman–Crippen MR) is 99.4 cm³/mol. The summed E-state index contributed by atoms with van der Waals surface area (Å²) in [5.41, 5.74) is 2.19. The minimum absolute atomic E-state index is 0.286. The highest BCUT2D eigenvalue weighted by molar-refractivity contribution is 6.31. The zero-order valence-corrected chi connectivity index (χ0v) is 15.5. The van der Waals surface area contributed by atoms with Crippen molar-refractivity contribution >= 4 is 28.6 Å². The van der Waals surface area contributed by atoms with Crippen LogP contribution in [0.5, 0.6) is 5.75 Å². The molecule has 136 valence electrons. The van der Waals surface area contributed by atoms with Crippen LogP contribution in [-0.4, -0.2) is 35.5 Å². The summed E-state index contributed by atoms with van der Waals surface area (Å²) in [6, 6.07) is 12.7. The Kier molecular flexibility index (Phi) is 5.32. The number of benzene rings is 2. The van der Waals surface area contributed by atoms with E-state index in [4.69, 9.17) is 25.9 Å². The second-order valence-corrected chi connectivity index (χ2v) is 6.03. The number of imidazole rings is 1. The van der Waals surface area contributed by atoms with Crippen LogP contribution in [0.1, 0.15) is 13.8 Å². The lowest BCUT2D eigenvalue weighted by atomic mass is 10.2. The maximum atomic E-state index is 12.0. The van der Waals surface area contributed by atoms with Gasteiger partial charge in [-0.3, -0.25) is 0 Å². The SMILES string of the molecule is CCOC(=O)[C@H](C)On1c(-c2ccc(OC)cc2)nc2ccc(Cl)cc21. The number of rotatable bonds is 6. The molecular weight excluding hydrogens is 356 g/mol. The van der Waals surface area contributed by atoms with Crippen LogP contribution in [0.15, 0.2) is 42.5 Å². The summed E-state index contributed by atoms with van der Waals surface area (Å²) in [5.74, 6) is 0.846. The fourth-order valence-electron chi connectivity index (χ4n) is 2.52. The molecule has 6 nitrogen and oxygen atoms in total. The van der Waals surface area contributed by atoms with Gasteiger partial charge in [0, 0.05) is 10.6 Å². The zero-order chi connectivity index (χ0) is 18.7. The standard InChI is InChI=1S/C19H19ClN2O4/c1-4-25-19(23)12(2)26-22-17-11-14(20)7-10-16(17)21-18(22)13-5-8-15(24-3)9-6-13/h5-12H,4H2,1-3H3/t12-/m0/s1. The highest BCUT2D eigenvalue weighted by atomic mass is 35.5. The summed E-state index contributed by atoms with van der Waals surface area (Å²) >= 11 is 6.13. The van der Waals surface area contributed by atoms with Crippen molar-refractivity contribution in [3.05, 3.63) is 47.5 Å². The van der Waals surface area contributed by atoms with Crippen LogP contribution in [0.2, 0.25) is 5.02 Å². The van der Waals surface area contributed by atoms with E-state index in [9.17, 15) is 4.79 Å². The molecule has 7 heteroatoms. The van der Waals surface area contributed by atoms with Gasteiger partial charge in [-0.15, -0.1) is 0 Å². The second-order valence-electron chi connectivity index (χ2n) is 5.59. The molecule has 0 bridgehead atoms. The molecule has 3 aromatic rings. The highest BCUT2D eigenvalue weighted by Gasteiger charge is 2.21. The van der Waals surface area contributed by atoms with Crippen molar-refractivity contribution in [3.63, 3.8) is 0 Å². The molecule has 0 unspecified atom stereocenters. The number of carbonyl (C=O) groups excluding carboxylic acids is 1. The molecule has 0 aliphatic rings. The van der Waals surface area contributed by atoms with Gasteiger partial charge >= 0.3 is 5.97 Å². The van der Waals surface area contributed by atoms with E-state index < -0.39 is 12.1 Å². The average molecular weight is 375 g/mol. The lowest BCUT2D eigenvalue weighted by molar-refractivity contribution is -0.155. The van der Waals surface area contributed by atoms with E-state index in [1.54, 1.807) is 39.2 Å². The van der Waals surface area contributed by atoms with Crippen molar-refractivity contribution in [3.8, 4) is 17.1 Å². The summed E-state index contributed by atoms with van der Waals surface area (Å²) in [6.07, 6.45) is -0.802. The van der Waals surface area contributed by atoms with E-state index in [2.05, 4.69) is 4.98 Å². The van der Waals surface area contributed by atoms with Crippen molar-refractivity contribution in [1.29, 1.82) is 0 Å². The molecule has 0 aliphatic carbocycles. The smallest absolute Gasteiger partial charge is 0.349 e. The van der Waals surface area contributed by atoms with Crippen LogP contribution < -0.4 is 9.57 Å². The summed E-state index contributed by atoms with van der Waals surface area (Å²) in [5, 5.41) is 0.548. The Labute approximate surface area is 156 Å². The average Bonchev–Trinajstić information content (AvgIpc) is 2.99. The minimum atomic E-state index is -0.802. The van der Waals surface area contributed by atoms with Crippen LogP contribution in [-0.2, 0) is 9.53 Å². The van der Waals surface area contributed by atoms with Gasteiger partial charge in [0.1, 0.15) is 11.3 Å². The molecule has 1 atom stereocenters. The number of carbonyl (C=O) groups is 1. The predicted octanol–water partition coefficient (Wildman–Crippen LogP) is 3.75. The first kappa shape index (κ1) is 18.1. The lowest BCUT2D eigenvalue weighted by Crippen LogP contribution is -2.32. The second kappa shape index (κ2) is 7.66. The van der Waals surface area contributed by atoms with Crippen LogP contribution >= 0.6 is 11.6 Å². The van der Waals surface area contributed by atoms with Gasteiger partial charge in [0.15, 0.2) is 5.82 Å². The Morgan fingerprint density at radius 1 is 1.23 bits per heavy atom. The summed E-state index contributed by atoms with van der Waals surface area (Å²) in [7, 11) is 1.61. The number of halogens is 1. The van der Waals surface area contributed by atoms with Gasteiger partial charge in [-0.2, -0.15) is 4.73 Å². The maximum Gasteiger partial charge on any atom is 0.349 e. The van der Waals surface area contributed by atoms with E-state index in [1.165, 1.54) is 4.73 Å². The molecule has 2 aromatic carbocycles. The third-order valence-corrected chi connectivity index (χ3v) is 4.04. The van der Waals surface area contributed by atoms with Crippen LogP contribution in [0.25, 0.3) is 22.4 Å². The molecule has 0 aliphatic heterocycles. The normalized spacial score (nSPS) is 12.0. The lowest BCUT2D eigenvalue weighted by Gasteiger charge is -2.16. The highest BCUT2D eigenvalue weighted by Crippen LogP contribution is 2.27. The Morgan fingerprint density at radius 2 is 1.96 bits per heavy atom. The van der Waals surface area contributed by atoms with E-state index in [-0.39, 0.29) is 6.61 Å². The molecule has 0 saturated heterocycles. The van der Waals surface area contributed by atoms with E-state index in [0.717, 1.165) is 11.3 Å². The molecule has 0 radical (unpaired) electrons. The van der Waals surface area contributed by atoms with Gasteiger partial charge in [-0.05, 0) is 56.3 Å². The Morgan fingerprint density at radius 3 is 2.62 bits per heavy atom. The molecule has 1 heterocycles. The molecule has 0 saturated carbocycles. The van der Waals surface area contributed by atoms with Crippen molar-refractivity contribution in [1.82, 2.24) is 9.71 Å². The molecule has 0 amide bonds. The largest absolute Gasteiger partial charge is 0.497 e. The van der Waals surface area contributed by atoms with Crippen LogP contribution in [0.4, 0.5) is 0 Å². The summed E-state index contributed by atoms with van der Waals surface area (Å²) in [6.45, 7) is 3.67. The Bertz CT molecular complexity index is 921. The van der Waals surface area contributed by atoms with Crippen molar-refractivity contribution in [2.24, 2.45) is 0 Å². The Balaban J connectivity index is 2.07. The first-order valence-corrected chi connectivity index (χ1v) is 8.57. The molecule has 0 fully saturated rings. The number of esters is 1. The number of hydrogen-bond acceptors (Lipinski definition) is 5. The van der Waals surface area contributed by atoms with Crippen LogP contribution in [0.3, 0.4) is 0 Å². The molecule has 26 heavy (non-hydrogen) atoms. The Hall–Kier alpha value is -2.73. The fraction of sp³-hybridized carbons (Fsp3) is 0.263. The van der Waals surface area contributed by atoms with Gasteiger partial charge in [0.2, 0.25) is 6.10 Å². The number of hydrogen-bond donors (Lipinski definition) is 0. The van der Waals surface area contributed by atoms with Crippen molar-refractivity contribution < 1.29 is 19.1 Å². The minimum Gasteiger partial charge on any atom is -0.497 e. The number of methoxy groups -OCH3 is 1. The number of nitrogens with zero attached hydrogens (tertiary/aromatic N) is 2. The van der Waals surface area contributed by atoms with Gasteiger partial charge < -0.3 is 14.3 Å². The van der Waals surface area contributed by atoms with E-state index >= 15 is 0 Å². The van der Waals surface area contributed by atoms with Crippen LogP contribution in [0, 0.1) is 0 Å². The van der Waals surface area contributed by atoms with Gasteiger partial charge in [-0.25, -0.2) is 9.78 Å². The quantitative estimate of drug-likeness (QED) is 0.615. The monoisotopic (exact) mass is 374 g/mol. The van der Waals surface area contributed by atoms with Gasteiger partial charge in [0.25, 0.3) is 0 Å². The molecule has 3 rings (SSSR count). The fourth-order valence-corrected chi connectivity index (χ4v) is 2.68. The zero-order valence-electron chi connectivity index (χ0n) is 14.7. The van der Waals surface area contributed by atoms with Gasteiger partial charge in [-0.1, -0.05) is 11.6 Å². The third-order valence-electron chi connectivity index (χ3n) is 3.81. The number of aromatic nitrogens is 2. The van der Waals surface area contributed by atoms with Crippen molar-refractivity contribution in [2.75, 3.05) is 13.7 Å². The molecule has 1 aromatic heterocycles. The molecule has 0 spiro atoms. The van der Waals surface area contributed by atoms with E-state index in [1.807, 2.05) is 24.3 Å². The first-order chi connectivity index (χ1) is 12.5. The molecule has 0 N–H and O–H groups in total. The van der Waals surface area contributed by atoms with E-state index in [0.29, 0.717) is 21.9 Å². The maximum absolute atomic E-state index is 12.0. The summed E-state index contributed by atoms with van der Waals surface area (Å²) < 4.78 is 11.7. The molecular formula is C19H19ClN2O4. The summed E-state index contributed by atoms with van der Waals surface area (Å²) in [4.78, 5) is 22.5. The van der Waals surface area contributed by atoms with Crippen molar-refractivity contribution in [2.45, 2.75) is 20.0 Å².